The third-order valence-electron chi connectivity index (χ3n) is 3.79. The zero-order valence-corrected chi connectivity index (χ0v) is 12.1. The molecular weight excluding hydrogens is 226 g/mol. The average Bonchev–Trinajstić information content (AvgIpc) is 2.86. The lowest BCUT2D eigenvalue weighted by Gasteiger charge is -2.26. The van der Waals surface area contributed by atoms with Gasteiger partial charge in [-0.05, 0) is 80.8 Å². The van der Waals surface area contributed by atoms with Gasteiger partial charge in [0, 0.05) is 5.54 Å². The van der Waals surface area contributed by atoms with E-state index in [9.17, 15) is 0 Å². The lowest BCUT2D eigenvalue weighted by atomic mass is 9.90. The lowest BCUT2D eigenvalue weighted by Crippen LogP contribution is -2.40. The van der Waals surface area contributed by atoms with Gasteiger partial charge in [0.15, 0.2) is 0 Å². The summed E-state index contributed by atoms with van der Waals surface area (Å²) in [4.78, 5) is 0. The van der Waals surface area contributed by atoms with Crippen LogP contribution >= 0.6 is 11.3 Å². The van der Waals surface area contributed by atoms with Crippen molar-refractivity contribution in [2.75, 3.05) is 6.54 Å². The highest BCUT2D eigenvalue weighted by molar-refractivity contribution is 7.07. The summed E-state index contributed by atoms with van der Waals surface area (Å²) < 4.78 is 0. The molecule has 2 unspecified atom stereocenters. The Kier molecular flexibility index (Phi) is 4.26. The number of rotatable bonds is 4. The molecule has 0 aromatic carbocycles. The molecule has 17 heavy (non-hydrogen) atoms. The van der Waals surface area contributed by atoms with Crippen LogP contribution in [0.1, 0.15) is 45.6 Å². The van der Waals surface area contributed by atoms with E-state index in [1.807, 2.05) is 11.3 Å². The Bertz CT molecular complexity index is 323. The van der Waals surface area contributed by atoms with Crippen molar-refractivity contribution < 1.29 is 0 Å². The minimum absolute atomic E-state index is 0.259. The molecule has 0 saturated heterocycles. The van der Waals surface area contributed by atoms with Crippen molar-refractivity contribution in [3.8, 4) is 0 Å². The number of hydrogen-bond acceptors (Lipinski definition) is 2. The van der Waals surface area contributed by atoms with Crippen LogP contribution in [0.4, 0.5) is 0 Å². The molecule has 1 nitrogen and oxygen atoms in total. The molecule has 1 aromatic rings. The van der Waals surface area contributed by atoms with Crippen LogP contribution in [-0.4, -0.2) is 12.1 Å². The van der Waals surface area contributed by atoms with E-state index in [-0.39, 0.29) is 5.54 Å². The molecule has 1 aromatic heterocycles. The molecule has 2 atom stereocenters. The van der Waals surface area contributed by atoms with Crippen LogP contribution < -0.4 is 5.32 Å². The molecule has 0 bridgehead atoms. The Morgan fingerprint density at radius 2 is 2.06 bits per heavy atom. The molecule has 2 rings (SSSR count). The van der Waals surface area contributed by atoms with Gasteiger partial charge < -0.3 is 5.32 Å². The first-order chi connectivity index (χ1) is 8.04. The summed E-state index contributed by atoms with van der Waals surface area (Å²) in [7, 11) is 0. The van der Waals surface area contributed by atoms with Gasteiger partial charge in [-0.1, -0.05) is 6.42 Å². The van der Waals surface area contributed by atoms with Gasteiger partial charge in [-0.2, -0.15) is 11.3 Å². The van der Waals surface area contributed by atoms with Crippen molar-refractivity contribution in [3.63, 3.8) is 0 Å². The molecule has 1 aliphatic carbocycles. The van der Waals surface area contributed by atoms with Gasteiger partial charge in [0.05, 0.1) is 0 Å². The molecule has 0 radical (unpaired) electrons. The van der Waals surface area contributed by atoms with Crippen molar-refractivity contribution in [1.82, 2.24) is 5.32 Å². The van der Waals surface area contributed by atoms with E-state index in [1.54, 1.807) is 5.56 Å². The molecular formula is C15H25NS. The Labute approximate surface area is 110 Å². The van der Waals surface area contributed by atoms with Gasteiger partial charge in [0.2, 0.25) is 0 Å². The lowest BCUT2D eigenvalue weighted by molar-refractivity contribution is 0.317. The zero-order valence-electron chi connectivity index (χ0n) is 11.3. The minimum atomic E-state index is 0.259. The van der Waals surface area contributed by atoms with Crippen molar-refractivity contribution >= 4 is 11.3 Å². The standard InChI is InChI=1S/C15H25NS/c1-15(2,3)16-10-14-6-4-5-13(14)9-12-7-8-17-11-12/h7-8,11,13-14,16H,4-6,9-10H2,1-3H3. The van der Waals surface area contributed by atoms with E-state index >= 15 is 0 Å². The fourth-order valence-electron chi connectivity index (χ4n) is 2.80. The summed E-state index contributed by atoms with van der Waals surface area (Å²) >= 11 is 1.83. The summed E-state index contributed by atoms with van der Waals surface area (Å²) in [6.45, 7) is 7.97. The Morgan fingerprint density at radius 3 is 2.71 bits per heavy atom. The van der Waals surface area contributed by atoms with Gasteiger partial charge in [-0.15, -0.1) is 0 Å². The highest BCUT2D eigenvalue weighted by Crippen LogP contribution is 2.34. The summed E-state index contributed by atoms with van der Waals surface area (Å²) in [5, 5.41) is 8.19. The van der Waals surface area contributed by atoms with Crippen LogP contribution in [0, 0.1) is 11.8 Å². The van der Waals surface area contributed by atoms with E-state index in [2.05, 4.69) is 42.9 Å². The summed E-state index contributed by atoms with van der Waals surface area (Å²) in [6, 6.07) is 2.29. The van der Waals surface area contributed by atoms with E-state index in [1.165, 1.54) is 32.2 Å². The molecule has 0 spiro atoms. The van der Waals surface area contributed by atoms with E-state index in [4.69, 9.17) is 0 Å². The smallest absolute Gasteiger partial charge is 0.00966 e. The summed E-state index contributed by atoms with van der Waals surface area (Å²) in [5.74, 6) is 1.79. The van der Waals surface area contributed by atoms with Gasteiger partial charge >= 0.3 is 0 Å². The first kappa shape index (κ1) is 13.1. The second-order valence-electron chi connectivity index (χ2n) is 6.42. The molecule has 1 heterocycles. The zero-order chi connectivity index (χ0) is 12.3. The highest BCUT2D eigenvalue weighted by Gasteiger charge is 2.28. The maximum absolute atomic E-state index is 3.68. The first-order valence-corrected chi connectivity index (χ1v) is 7.75. The first-order valence-electron chi connectivity index (χ1n) is 6.81. The van der Waals surface area contributed by atoms with Crippen molar-refractivity contribution in [1.29, 1.82) is 0 Å². The van der Waals surface area contributed by atoms with Gasteiger partial charge in [-0.3, -0.25) is 0 Å². The maximum Gasteiger partial charge on any atom is 0.00966 e. The van der Waals surface area contributed by atoms with Crippen LogP contribution in [0.3, 0.4) is 0 Å². The fraction of sp³-hybridized carbons (Fsp3) is 0.733. The molecule has 1 saturated carbocycles. The van der Waals surface area contributed by atoms with Gasteiger partial charge in [0.1, 0.15) is 0 Å². The average molecular weight is 251 g/mol. The second-order valence-corrected chi connectivity index (χ2v) is 7.20. The van der Waals surface area contributed by atoms with Crippen LogP contribution in [-0.2, 0) is 6.42 Å². The fourth-order valence-corrected chi connectivity index (χ4v) is 3.48. The predicted molar refractivity (Wildman–Crippen MR) is 76.6 cm³/mol. The quantitative estimate of drug-likeness (QED) is 0.849. The topological polar surface area (TPSA) is 12.0 Å². The third kappa shape index (κ3) is 4.11. The highest BCUT2D eigenvalue weighted by atomic mass is 32.1. The SMILES string of the molecule is CC(C)(C)NCC1CCCC1Cc1ccsc1. The molecule has 96 valence electrons. The van der Waals surface area contributed by atoms with Crippen molar-refractivity contribution in [3.05, 3.63) is 22.4 Å². The van der Waals surface area contributed by atoms with Crippen LogP contribution in [0.5, 0.6) is 0 Å². The molecule has 1 fully saturated rings. The van der Waals surface area contributed by atoms with Gasteiger partial charge in [-0.25, -0.2) is 0 Å². The van der Waals surface area contributed by atoms with Crippen LogP contribution in [0.2, 0.25) is 0 Å². The number of nitrogens with one attached hydrogen (secondary N) is 1. The maximum atomic E-state index is 3.68. The predicted octanol–water partition coefficient (Wildman–Crippen LogP) is 4.10. The van der Waals surface area contributed by atoms with E-state index in [0.717, 1.165) is 11.8 Å². The van der Waals surface area contributed by atoms with Crippen LogP contribution in [0.25, 0.3) is 0 Å². The van der Waals surface area contributed by atoms with Crippen molar-refractivity contribution in [2.24, 2.45) is 11.8 Å². The molecule has 1 aliphatic rings. The molecule has 0 aliphatic heterocycles. The minimum Gasteiger partial charge on any atom is -0.312 e. The van der Waals surface area contributed by atoms with E-state index in [0.29, 0.717) is 0 Å². The Morgan fingerprint density at radius 1 is 1.29 bits per heavy atom. The molecule has 2 heteroatoms. The monoisotopic (exact) mass is 251 g/mol. The molecule has 0 amide bonds. The van der Waals surface area contributed by atoms with E-state index < -0.39 is 0 Å². The third-order valence-corrected chi connectivity index (χ3v) is 4.52. The molecule has 1 N–H and O–H groups in total. The number of hydrogen-bond donors (Lipinski definition) is 1. The van der Waals surface area contributed by atoms with Crippen LogP contribution in [0.15, 0.2) is 16.8 Å². The Hall–Kier alpha value is -0.340. The van der Waals surface area contributed by atoms with Gasteiger partial charge in [0.25, 0.3) is 0 Å². The largest absolute Gasteiger partial charge is 0.312 e. The second kappa shape index (κ2) is 5.53. The normalized spacial score (nSPS) is 25.4. The summed E-state index contributed by atoms with van der Waals surface area (Å²) in [5.41, 5.74) is 1.80. The summed E-state index contributed by atoms with van der Waals surface area (Å²) in [6.07, 6.45) is 5.55. The van der Waals surface area contributed by atoms with Crippen molar-refractivity contribution in [2.45, 2.75) is 52.0 Å². The number of thiophene rings is 1. The Balaban J connectivity index is 1.85.